The fourth-order valence-corrected chi connectivity index (χ4v) is 4.38. The number of carbonyl (C=O) groups excluding carboxylic acids is 1. The van der Waals surface area contributed by atoms with Crippen molar-refractivity contribution in [1.82, 2.24) is 13.7 Å². The Bertz CT molecular complexity index is 1420. The fraction of sp³-hybridized carbons (Fsp3) is 0.292. The summed E-state index contributed by atoms with van der Waals surface area (Å²) < 4.78 is 9.50. The zero-order valence-corrected chi connectivity index (χ0v) is 18.1. The number of aromatic nitrogens is 3. The molecular weight excluding hydrogens is 394 g/mol. The van der Waals surface area contributed by atoms with E-state index in [2.05, 4.69) is 0 Å². The van der Waals surface area contributed by atoms with E-state index < -0.39 is 23.3 Å². The maximum absolute atomic E-state index is 13.6. The maximum atomic E-state index is 13.6. The van der Waals surface area contributed by atoms with Crippen LogP contribution in [0.3, 0.4) is 0 Å². The lowest BCUT2D eigenvalue weighted by Gasteiger charge is -2.19. The summed E-state index contributed by atoms with van der Waals surface area (Å²) in [6, 6.07) is 12.1. The van der Waals surface area contributed by atoms with Gasteiger partial charge in [-0.3, -0.25) is 9.36 Å². The molecule has 0 radical (unpaired) electrons. The summed E-state index contributed by atoms with van der Waals surface area (Å²) in [5.41, 5.74) is 2.69. The van der Waals surface area contributed by atoms with Crippen molar-refractivity contribution >= 4 is 27.8 Å². The molecular formula is C24H25N3O4. The standard InChI is InChI=1S/C24H25N3O4/c1-5-18(23(29)31-4)27-22(28)17-10-6-7-11-19(17)26(24(27)30)14-16-13-25(3)20-12-8-9-15(2)21(16)20/h6-13,18H,5,14H2,1-4H3/t18-/m1/s1. The van der Waals surface area contributed by atoms with Gasteiger partial charge in [0.05, 0.1) is 24.6 Å². The zero-order valence-electron chi connectivity index (χ0n) is 18.1. The molecule has 0 spiro atoms. The molecule has 2 heterocycles. The van der Waals surface area contributed by atoms with Crippen molar-refractivity contribution in [2.45, 2.75) is 32.9 Å². The number of nitrogens with zero attached hydrogens (tertiary/aromatic N) is 3. The highest BCUT2D eigenvalue weighted by Crippen LogP contribution is 2.25. The van der Waals surface area contributed by atoms with Crippen LogP contribution in [-0.2, 0) is 23.1 Å². The first-order valence-corrected chi connectivity index (χ1v) is 10.2. The van der Waals surface area contributed by atoms with Crippen molar-refractivity contribution in [2.24, 2.45) is 7.05 Å². The van der Waals surface area contributed by atoms with Crippen LogP contribution in [0.4, 0.5) is 0 Å². The average Bonchev–Trinajstić information content (AvgIpc) is 3.10. The van der Waals surface area contributed by atoms with Crippen molar-refractivity contribution in [3.05, 3.63) is 80.6 Å². The molecule has 31 heavy (non-hydrogen) atoms. The van der Waals surface area contributed by atoms with Crippen LogP contribution in [0.15, 0.2) is 58.3 Å². The first kappa shape index (κ1) is 20.7. The van der Waals surface area contributed by atoms with E-state index >= 15 is 0 Å². The van der Waals surface area contributed by atoms with Crippen LogP contribution in [0, 0.1) is 6.92 Å². The van der Waals surface area contributed by atoms with Gasteiger partial charge in [0.15, 0.2) is 0 Å². The maximum Gasteiger partial charge on any atom is 0.332 e. The van der Waals surface area contributed by atoms with Crippen LogP contribution in [-0.4, -0.2) is 26.8 Å². The zero-order chi connectivity index (χ0) is 22.3. The summed E-state index contributed by atoms with van der Waals surface area (Å²) in [6.45, 7) is 4.07. The monoisotopic (exact) mass is 419 g/mol. The smallest absolute Gasteiger partial charge is 0.332 e. The molecule has 0 saturated heterocycles. The molecule has 0 amide bonds. The first-order valence-electron chi connectivity index (χ1n) is 10.2. The van der Waals surface area contributed by atoms with Gasteiger partial charge in [0.25, 0.3) is 5.56 Å². The summed E-state index contributed by atoms with van der Waals surface area (Å²) in [7, 11) is 3.23. The number of esters is 1. The van der Waals surface area contributed by atoms with E-state index in [1.54, 1.807) is 35.8 Å². The Morgan fingerprint density at radius 2 is 1.77 bits per heavy atom. The largest absolute Gasteiger partial charge is 0.467 e. The second kappa shape index (κ2) is 7.91. The molecule has 7 heteroatoms. The average molecular weight is 419 g/mol. The highest BCUT2D eigenvalue weighted by atomic mass is 16.5. The predicted octanol–water partition coefficient (Wildman–Crippen LogP) is 3.14. The van der Waals surface area contributed by atoms with Crippen LogP contribution < -0.4 is 11.2 Å². The molecule has 2 aromatic carbocycles. The number of hydrogen-bond donors (Lipinski definition) is 0. The number of methoxy groups -OCH3 is 1. The molecule has 0 unspecified atom stereocenters. The Hall–Kier alpha value is -3.61. The first-order chi connectivity index (χ1) is 14.9. The molecule has 0 aliphatic rings. The molecule has 0 aliphatic heterocycles. The molecule has 0 saturated carbocycles. The highest BCUT2D eigenvalue weighted by Gasteiger charge is 2.26. The predicted molar refractivity (Wildman–Crippen MR) is 121 cm³/mol. The second-order valence-electron chi connectivity index (χ2n) is 7.74. The van der Waals surface area contributed by atoms with E-state index in [1.807, 2.05) is 42.9 Å². The molecule has 0 N–H and O–H groups in total. The Labute approximate surface area is 179 Å². The molecule has 4 rings (SSSR count). The van der Waals surface area contributed by atoms with Crippen molar-refractivity contribution < 1.29 is 9.53 Å². The lowest BCUT2D eigenvalue weighted by Crippen LogP contribution is -2.44. The van der Waals surface area contributed by atoms with Crippen molar-refractivity contribution in [1.29, 1.82) is 0 Å². The van der Waals surface area contributed by atoms with Crippen molar-refractivity contribution in [2.75, 3.05) is 7.11 Å². The fourth-order valence-electron chi connectivity index (χ4n) is 4.38. The van der Waals surface area contributed by atoms with Crippen LogP contribution >= 0.6 is 0 Å². The van der Waals surface area contributed by atoms with Gasteiger partial charge in [-0.05, 0) is 42.7 Å². The SMILES string of the molecule is CC[C@H](C(=O)OC)n1c(=O)c2ccccc2n(Cc2cn(C)c3cccc(C)c23)c1=O. The molecule has 0 aliphatic carbocycles. The Balaban J connectivity index is 2.03. The minimum Gasteiger partial charge on any atom is -0.467 e. The number of hydrogen-bond acceptors (Lipinski definition) is 4. The third-order valence-corrected chi connectivity index (χ3v) is 5.88. The van der Waals surface area contributed by atoms with E-state index in [4.69, 9.17) is 4.74 Å². The number of para-hydroxylation sites is 1. The van der Waals surface area contributed by atoms with Gasteiger partial charge >= 0.3 is 11.7 Å². The van der Waals surface area contributed by atoms with E-state index in [9.17, 15) is 14.4 Å². The third kappa shape index (κ3) is 3.26. The van der Waals surface area contributed by atoms with E-state index in [0.717, 1.165) is 26.6 Å². The van der Waals surface area contributed by atoms with Gasteiger partial charge in [-0.25, -0.2) is 14.2 Å². The van der Waals surface area contributed by atoms with Crippen LogP contribution in [0.2, 0.25) is 0 Å². The molecule has 0 bridgehead atoms. The van der Waals surface area contributed by atoms with Gasteiger partial charge in [-0.15, -0.1) is 0 Å². The quantitative estimate of drug-likeness (QED) is 0.466. The number of carbonyl (C=O) groups is 1. The Morgan fingerprint density at radius 3 is 2.48 bits per heavy atom. The van der Waals surface area contributed by atoms with Crippen LogP contribution in [0.25, 0.3) is 21.8 Å². The van der Waals surface area contributed by atoms with Gasteiger partial charge in [0.1, 0.15) is 6.04 Å². The van der Waals surface area contributed by atoms with Gasteiger partial charge < -0.3 is 9.30 Å². The Morgan fingerprint density at radius 1 is 1.06 bits per heavy atom. The summed E-state index contributed by atoms with van der Waals surface area (Å²) in [4.78, 5) is 39.1. The Kier molecular flexibility index (Phi) is 5.27. The topological polar surface area (TPSA) is 75.2 Å². The lowest BCUT2D eigenvalue weighted by atomic mass is 10.1. The lowest BCUT2D eigenvalue weighted by molar-refractivity contribution is -0.144. The third-order valence-electron chi connectivity index (χ3n) is 5.88. The van der Waals surface area contributed by atoms with Gasteiger partial charge in [-0.1, -0.05) is 31.2 Å². The van der Waals surface area contributed by atoms with E-state index in [-0.39, 0.29) is 13.0 Å². The number of ether oxygens (including phenoxy) is 1. The van der Waals surface area contributed by atoms with Gasteiger partial charge in [0.2, 0.25) is 0 Å². The van der Waals surface area contributed by atoms with Crippen molar-refractivity contribution in [3.63, 3.8) is 0 Å². The molecule has 7 nitrogen and oxygen atoms in total. The van der Waals surface area contributed by atoms with Crippen LogP contribution in [0.5, 0.6) is 0 Å². The normalized spacial score (nSPS) is 12.4. The molecule has 2 aromatic heterocycles. The summed E-state index contributed by atoms with van der Waals surface area (Å²) in [6.07, 6.45) is 2.28. The molecule has 4 aromatic rings. The number of benzene rings is 2. The van der Waals surface area contributed by atoms with Gasteiger partial charge in [0, 0.05) is 24.1 Å². The second-order valence-corrected chi connectivity index (χ2v) is 7.74. The summed E-state index contributed by atoms with van der Waals surface area (Å²) in [5.74, 6) is -0.607. The number of aryl methyl sites for hydroxylation is 2. The minimum atomic E-state index is -0.977. The van der Waals surface area contributed by atoms with E-state index in [0.29, 0.717) is 10.9 Å². The van der Waals surface area contributed by atoms with Gasteiger partial charge in [-0.2, -0.15) is 0 Å². The number of rotatable bonds is 5. The minimum absolute atomic E-state index is 0.271. The molecule has 160 valence electrons. The highest BCUT2D eigenvalue weighted by molar-refractivity contribution is 5.87. The number of fused-ring (bicyclic) bond motifs is 2. The molecule has 0 fully saturated rings. The molecule has 1 atom stereocenters. The van der Waals surface area contributed by atoms with E-state index in [1.165, 1.54) is 7.11 Å². The van der Waals surface area contributed by atoms with Crippen LogP contribution in [0.1, 0.15) is 30.5 Å². The summed E-state index contributed by atoms with van der Waals surface area (Å²) in [5, 5.41) is 1.47. The summed E-state index contributed by atoms with van der Waals surface area (Å²) >= 11 is 0. The van der Waals surface area contributed by atoms with Crippen molar-refractivity contribution in [3.8, 4) is 0 Å².